The highest BCUT2D eigenvalue weighted by Gasteiger charge is 2.55. The lowest BCUT2D eigenvalue weighted by atomic mass is 9.87. The van der Waals surface area contributed by atoms with Gasteiger partial charge in [-0.25, -0.2) is 9.97 Å². The van der Waals surface area contributed by atoms with Crippen LogP contribution in [0.15, 0.2) is 194 Å². The Kier molecular flexibility index (Phi) is 6.98. The van der Waals surface area contributed by atoms with Crippen LogP contribution >= 0.6 is 0 Å². The van der Waals surface area contributed by atoms with E-state index in [0.717, 1.165) is 67.4 Å². The summed E-state index contributed by atoms with van der Waals surface area (Å²) < 4.78 is 0. The third-order valence-electron chi connectivity index (χ3n) is 9.41. The second kappa shape index (κ2) is 11.9. The van der Waals surface area contributed by atoms with Crippen LogP contribution in [-0.2, 0) is 5.66 Å². The quantitative estimate of drug-likeness (QED) is 0.183. The van der Waals surface area contributed by atoms with E-state index in [1.807, 2.05) is 0 Å². The van der Waals surface area contributed by atoms with Crippen molar-refractivity contribution in [1.82, 2.24) is 9.97 Å². The van der Waals surface area contributed by atoms with Gasteiger partial charge >= 0.3 is 0 Å². The van der Waals surface area contributed by atoms with Crippen molar-refractivity contribution in [2.75, 3.05) is 9.80 Å². The molecule has 0 amide bonds. The standard InChI is InChI=1S/C45H32N4/c1-7-19-33(20-8-1)39-31-32-40(34-21-9-2-10-22-34)42-41(39)46-43-44(47-42)49(38-29-17-6-18-30-38)45(35-23-11-3-12-24-35,36-25-13-4-14-26-36)48(43)37-27-15-5-16-28-37/h1-32H. The van der Waals surface area contributed by atoms with E-state index in [0.29, 0.717) is 0 Å². The van der Waals surface area contributed by atoms with Crippen LogP contribution in [0.1, 0.15) is 11.1 Å². The highest BCUT2D eigenvalue weighted by Crippen LogP contribution is 2.59. The Balaban J connectivity index is 1.47. The summed E-state index contributed by atoms with van der Waals surface area (Å²) >= 11 is 0. The maximum atomic E-state index is 5.72. The lowest BCUT2D eigenvalue weighted by Crippen LogP contribution is -2.51. The molecule has 49 heavy (non-hydrogen) atoms. The zero-order chi connectivity index (χ0) is 32.6. The summed E-state index contributed by atoms with van der Waals surface area (Å²) in [5.41, 5.74) is 9.37. The Hall–Kier alpha value is -6.52. The molecule has 4 heteroatoms. The van der Waals surface area contributed by atoms with E-state index in [4.69, 9.17) is 9.97 Å². The van der Waals surface area contributed by atoms with E-state index in [1.165, 1.54) is 0 Å². The first-order valence-electron chi connectivity index (χ1n) is 16.6. The van der Waals surface area contributed by atoms with Crippen molar-refractivity contribution in [2.45, 2.75) is 5.66 Å². The molecule has 0 saturated carbocycles. The SMILES string of the molecule is c1ccc(-c2ccc(-c3ccccc3)c3nc4c(nc23)N(c2ccccc2)C(c2ccccc2)(c2ccccc2)N4c2ccccc2)cc1. The predicted molar refractivity (Wildman–Crippen MR) is 201 cm³/mol. The number of hydrogen-bond acceptors (Lipinski definition) is 4. The molecule has 0 radical (unpaired) electrons. The van der Waals surface area contributed by atoms with Gasteiger partial charge < -0.3 is 0 Å². The van der Waals surface area contributed by atoms with Gasteiger partial charge in [0.15, 0.2) is 17.3 Å². The molecule has 1 aromatic heterocycles. The minimum absolute atomic E-state index is 0.789. The second-order valence-corrected chi connectivity index (χ2v) is 12.2. The third-order valence-corrected chi connectivity index (χ3v) is 9.41. The molecular weight excluding hydrogens is 597 g/mol. The van der Waals surface area contributed by atoms with E-state index < -0.39 is 5.66 Å². The van der Waals surface area contributed by atoms with Gasteiger partial charge in [-0.1, -0.05) is 170 Å². The normalized spacial score (nSPS) is 13.4. The van der Waals surface area contributed by atoms with Crippen LogP contribution in [0.3, 0.4) is 0 Å². The molecule has 7 aromatic carbocycles. The van der Waals surface area contributed by atoms with Crippen molar-refractivity contribution in [3.63, 3.8) is 0 Å². The van der Waals surface area contributed by atoms with E-state index in [9.17, 15) is 0 Å². The van der Waals surface area contributed by atoms with Gasteiger partial charge in [0.1, 0.15) is 0 Å². The van der Waals surface area contributed by atoms with Gasteiger partial charge in [-0.2, -0.15) is 0 Å². The van der Waals surface area contributed by atoms with Crippen molar-refractivity contribution in [1.29, 1.82) is 0 Å². The summed E-state index contributed by atoms with van der Waals surface area (Å²) in [5.74, 6) is 1.58. The first-order chi connectivity index (χ1) is 24.3. The van der Waals surface area contributed by atoms with Gasteiger partial charge in [-0.15, -0.1) is 0 Å². The molecule has 0 bridgehead atoms. The van der Waals surface area contributed by atoms with E-state index in [1.54, 1.807) is 0 Å². The second-order valence-electron chi connectivity index (χ2n) is 12.2. The topological polar surface area (TPSA) is 32.3 Å². The van der Waals surface area contributed by atoms with Crippen LogP contribution < -0.4 is 9.80 Å². The number of hydrogen-bond donors (Lipinski definition) is 0. The highest BCUT2D eigenvalue weighted by molar-refractivity contribution is 6.04. The first-order valence-corrected chi connectivity index (χ1v) is 16.6. The van der Waals surface area contributed by atoms with Crippen molar-refractivity contribution in [3.05, 3.63) is 205 Å². The fourth-order valence-corrected chi connectivity index (χ4v) is 7.32. The summed E-state index contributed by atoms with van der Waals surface area (Å²) in [5, 5.41) is 0. The Morgan fingerprint density at radius 2 is 0.633 bits per heavy atom. The number of anilines is 4. The smallest absolute Gasteiger partial charge is 0.180 e. The molecule has 8 aromatic rings. The van der Waals surface area contributed by atoms with Crippen LogP contribution in [0.25, 0.3) is 33.3 Å². The molecule has 0 atom stereocenters. The Bertz CT molecular complexity index is 2190. The van der Waals surface area contributed by atoms with Gasteiger partial charge in [0, 0.05) is 33.6 Å². The monoisotopic (exact) mass is 628 g/mol. The molecule has 0 unspecified atom stereocenters. The average molecular weight is 629 g/mol. The first kappa shape index (κ1) is 28.7. The number of nitrogens with zero attached hydrogens (tertiary/aromatic N) is 4. The largest absolute Gasteiger partial charge is 0.291 e. The Morgan fingerprint density at radius 1 is 0.327 bits per heavy atom. The number of rotatable bonds is 6. The van der Waals surface area contributed by atoms with Gasteiger partial charge in [0.25, 0.3) is 0 Å². The number of fused-ring (bicyclic) bond motifs is 2. The van der Waals surface area contributed by atoms with Crippen LogP contribution in [0.2, 0.25) is 0 Å². The summed E-state index contributed by atoms with van der Waals surface area (Å²) in [6, 6.07) is 68.1. The zero-order valence-corrected chi connectivity index (χ0v) is 26.8. The van der Waals surface area contributed by atoms with E-state index in [2.05, 4.69) is 204 Å². The summed E-state index contributed by atoms with van der Waals surface area (Å²) in [6.07, 6.45) is 0. The third kappa shape index (κ3) is 4.61. The van der Waals surface area contributed by atoms with Gasteiger partial charge in [-0.3, -0.25) is 9.80 Å². The minimum Gasteiger partial charge on any atom is -0.291 e. The van der Waals surface area contributed by atoms with Gasteiger partial charge in [0.05, 0.1) is 11.0 Å². The molecule has 2 heterocycles. The number of para-hydroxylation sites is 2. The molecule has 0 aliphatic carbocycles. The molecule has 0 spiro atoms. The maximum absolute atomic E-state index is 5.72. The van der Waals surface area contributed by atoms with E-state index in [-0.39, 0.29) is 0 Å². The van der Waals surface area contributed by atoms with Crippen molar-refractivity contribution in [2.24, 2.45) is 0 Å². The van der Waals surface area contributed by atoms with Gasteiger partial charge in [0.2, 0.25) is 0 Å². The van der Waals surface area contributed by atoms with Gasteiger partial charge in [-0.05, 0) is 35.4 Å². The lowest BCUT2D eigenvalue weighted by molar-refractivity contribution is 0.556. The molecule has 1 aliphatic rings. The maximum Gasteiger partial charge on any atom is 0.180 e. The molecule has 1 aliphatic heterocycles. The van der Waals surface area contributed by atoms with Crippen LogP contribution in [0.5, 0.6) is 0 Å². The predicted octanol–water partition coefficient (Wildman–Crippen LogP) is 11.2. The van der Waals surface area contributed by atoms with Crippen LogP contribution in [0.4, 0.5) is 23.0 Å². The summed E-state index contributed by atoms with van der Waals surface area (Å²) in [4.78, 5) is 16.2. The summed E-state index contributed by atoms with van der Waals surface area (Å²) in [7, 11) is 0. The zero-order valence-electron chi connectivity index (χ0n) is 26.8. The Labute approximate surface area is 286 Å². The molecule has 4 nitrogen and oxygen atoms in total. The lowest BCUT2D eigenvalue weighted by Gasteiger charge is -2.46. The van der Waals surface area contributed by atoms with Crippen molar-refractivity contribution in [3.8, 4) is 22.3 Å². The molecular formula is C45H32N4. The average Bonchev–Trinajstić information content (AvgIpc) is 3.49. The van der Waals surface area contributed by atoms with Crippen molar-refractivity contribution < 1.29 is 0 Å². The highest BCUT2D eigenvalue weighted by atomic mass is 15.5. The minimum atomic E-state index is -0.870. The van der Waals surface area contributed by atoms with Crippen LogP contribution in [0, 0.1) is 0 Å². The molecule has 0 N–H and O–H groups in total. The van der Waals surface area contributed by atoms with E-state index >= 15 is 0 Å². The molecule has 9 rings (SSSR count). The van der Waals surface area contributed by atoms with Crippen LogP contribution in [-0.4, -0.2) is 9.97 Å². The molecule has 0 fully saturated rings. The fraction of sp³-hybridized carbons (Fsp3) is 0.0222. The summed E-state index contributed by atoms with van der Waals surface area (Å²) in [6.45, 7) is 0. The Morgan fingerprint density at radius 3 is 0.980 bits per heavy atom. The number of benzene rings is 7. The van der Waals surface area contributed by atoms with Crippen molar-refractivity contribution >= 4 is 34.0 Å². The fourth-order valence-electron chi connectivity index (χ4n) is 7.32. The molecule has 0 saturated heterocycles. The number of aromatic nitrogens is 2. The molecule has 232 valence electrons.